The first-order valence-electron chi connectivity index (χ1n) is 8.87. The van der Waals surface area contributed by atoms with E-state index in [1.807, 2.05) is 36.1 Å². The maximum Gasteiger partial charge on any atom is 0.219 e. The molecule has 24 heavy (non-hydrogen) atoms. The van der Waals surface area contributed by atoms with Crippen LogP contribution >= 0.6 is 0 Å². The smallest absolute Gasteiger partial charge is 0.219 e. The number of likely N-dealkylation sites (tertiary alicyclic amines) is 2. The van der Waals surface area contributed by atoms with Crippen LogP contribution < -0.4 is 4.74 Å². The molecule has 0 spiro atoms. The van der Waals surface area contributed by atoms with Crippen molar-refractivity contribution < 1.29 is 14.6 Å². The summed E-state index contributed by atoms with van der Waals surface area (Å²) in [5.74, 6) is 0.981. The van der Waals surface area contributed by atoms with E-state index < -0.39 is 5.60 Å². The lowest BCUT2D eigenvalue weighted by Crippen LogP contribution is -2.47. The Morgan fingerprint density at radius 2 is 2.08 bits per heavy atom. The van der Waals surface area contributed by atoms with Crippen LogP contribution in [0.15, 0.2) is 24.3 Å². The molecule has 1 atom stereocenters. The Kier molecular flexibility index (Phi) is 5.11. The third-order valence-corrected chi connectivity index (χ3v) is 5.29. The Morgan fingerprint density at radius 1 is 1.33 bits per heavy atom. The maximum atomic E-state index is 11.4. The molecule has 1 aromatic rings. The van der Waals surface area contributed by atoms with Crippen LogP contribution in [-0.2, 0) is 4.79 Å². The van der Waals surface area contributed by atoms with E-state index in [1.165, 1.54) is 0 Å². The van der Waals surface area contributed by atoms with Crippen LogP contribution in [0.25, 0.3) is 0 Å². The third-order valence-electron chi connectivity index (χ3n) is 5.29. The summed E-state index contributed by atoms with van der Waals surface area (Å²) < 4.78 is 5.83. The molecule has 132 valence electrons. The summed E-state index contributed by atoms with van der Waals surface area (Å²) in [5.41, 5.74) is 0.381. The van der Waals surface area contributed by atoms with E-state index in [0.29, 0.717) is 19.2 Å². The summed E-state index contributed by atoms with van der Waals surface area (Å²) in [5, 5.41) is 10.8. The van der Waals surface area contributed by atoms with Gasteiger partial charge < -0.3 is 14.7 Å². The molecule has 2 heterocycles. The Morgan fingerprint density at radius 3 is 2.75 bits per heavy atom. The number of ether oxygens (including phenoxy) is 1. The lowest BCUT2D eigenvalue weighted by Gasteiger charge is -2.36. The highest BCUT2D eigenvalue weighted by Gasteiger charge is 2.40. The molecule has 1 amide bonds. The fourth-order valence-corrected chi connectivity index (χ4v) is 3.79. The van der Waals surface area contributed by atoms with Gasteiger partial charge in [-0.1, -0.05) is 12.1 Å². The van der Waals surface area contributed by atoms with E-state index in [2.05, 4.69) is 4.90 Å². The molecule has 3 rings (SSSR count). The SMILES string of the molecule is CC(=O)N1CCC(N2CCC(O)(COc3cccc(C)c3)C2)CC1. The molecule has 0 radical (unpaired) electrons. The van der Waals surface area contributed by atoms with E-state index >= 15 is 0 Å². The molecule has 0 bridgehead atoms. The predicted octanol–water partition coefficient (Wildman–Crippen LogP) is 1.82. The average molecular weight is 332 g/mol. The van der Waals surface area contributed by atoms with Crippen molar-refractivity contribution >= 4 is 5.91 Å². The van der Waals surface area contributed by atoms with Gasteiger partial charge in [-0.3, -0.25) is 9.69 Å². The van der Waals surface area contributed by atoms with Crippen LogP contribution in [0.3, 0.4) is 0 Å². The van der Waals surface area contributed by atoms with Crippen LogP contribution in [0.2, 0.25) is 0 Å². The minimum absolute atomic E-state index is 0.165. The van der Waals surface area contributed by atoms with Crippen molar-refractivity contribution in [2.75, 3.05) is 32.8 Å². The van der Waals surface area contributed by atoms with Gasteiger partial charge in [0.2, 0.25) is 5.91 Å². The monoisotopic (exact) mass is 332 g/mol. The minimum Gasteiger partial charge on any atom is -0.491 e. The van der Waals surface area contributed by atoms with Crippen molar-refractivity contribution in [1.29, 1.82) is 0 Å². The third kappa shape index (κ3) is 4.08. The number of hydrogen-bond donors (Lipinski definition) is 1. The summed E-state index contributed by atoms with van der Waals surface area (Å²) in [6.07, 6.45) is 2.73. The lowest BCUT2D eigenvalue weighted by molar-refractivity contribution is -0.130. The van der Waals surface area contributed by atoms with Gasteiger partial charge in [0.1, 0.15) is 18.0 Å². The van der Waals surface area contributed by atoms with Gasteiger partial charge in [-0.2, -0.15) is 0 Å². The standard InChI is InChI=1S/C19H28N2O3/c1-15-4-3-5-18(12-15)24-14-19(23)8-11-21(13-19)17-6-9-20(10-7-17)16(2)22/h3-5,12,17,23H,6-11,13-14H2,1-2H3. The summed E-state index contributed by atoms with van der Waals surface area (Å²) in [6.45, 7) is 7.22. The minimum atomic E-state index is -0.776. The van der Waals surface area contributed by atoms with Crippen LogP contribution in [0.5, 0.6) is 5.75 Å². The lowest BCUT2D eigenvalue weighted by atomic mass is 10.0. The molecule has 0 aromatic heterocycles. The largest absolute Gasteiger partial charge is 0.491 e. The quantitative estimate of drug-likeness (QED) is 0.914. The number of nitrogens with zero attached hydrogens (tertiary/aromatic N) is 2. The number of amides is 1. The predicted molar refractivity (Wildman–Crippen MR) is 93.1 cm³/mol. The van der Waals surface area contributed by atoms with Gasteiger partial charge in [0.25, 0.3) is 0 Å². The number of hydrogen-bond acceptors (Lipinski definition) is 4. The molecule has 0 saturated carbocycles. The summed E-state index contributed by atoms with van der Waals surface area (Å²) in [4.78, 5) is 15.7. The van der Waals surface area contributed by atoms with E-state index in [0.717, 1.165) is 50.2 Å². The van der Waals surface area contributed by atoms with Crippen molar-refractivity contribution in [2.24, 2.45) is 0 Å². The van der Waals surface area contributed by atoms with Gasteiger partial charge >= 0.3 is 0 Å². The first-order valence-corrected chi connectivity index (χ1v) is 8.87. The summed E-state index contributed by atoms with van der Waals surface area (Å²) in [6, 6.07) is 8.40. The Labute approximate surface area is 144 Å². The Balaban J connectivity index is 1.50. The highest BCUT2D eigenvalue weighted by molar-refractivity contribution is 5.73. The second-order valence-corrected chi connectivity index (χ2v) is 7.29. The zero-order valence-electron chi connectivity index (χ0n) is 14.7. The summed E-state index contributed by atoms with van der Waals surface area (Å²) >= 11 is 0. The Bertz CT molecular complexity index is 584. The van der Waals surface area contributed by atoms with E-state index in [1.54, 1.807) is 6.92 Å². The van der Waals surface area contributed by atoms with Crippen molar-refractivity contribution in [3.63, 3.8) is 0 Å². The zero-order valence-corrected chi connectivity index (χ0v) is 14.7. The molecular weight excluding hydrogens is 304 g/mol. The molecule has 5 heteroatoms. The molecule has 1 N–H and O–H groups in total. The molecule has 5 nitrogen and oxygen atoms in total. The normalized spacial score (nSPS) is 25.9. The first kappa shape index (κ1) is 17.2. The molecule has 1 aromatic carbocycles. The van der Waals surface area contributed by atoms with Crippen molar-refractivity contribution in [3.05, 3.63) is 29.8 Å². The van der Waals surface area contributed by atoms with E-state index in [4.69, 9.17) is 4.74 Å². The number of carbonyl (C=O) groups excluding carboxylic acids is 1. The molecular formula is C19H28N2O3. The number of β-amino-alcohol motifs (C(OH)–C–C–N with tert-alkyl or cyclic N) is 1. The van der Waals surface area contributed by atoms with Gasteiger partial charge in [0.05, 0.1) is 0 Å². The number of carbonyl (C=O) groups is 1. The topological polar surface area (TPSA) is 53.0 Å². The molecule has 1 unspecified atom stereocenters. The van der Waals surface area contributed by atoms with Crippen LogP contribution in [0.1, 0.15) is 31.7 Å². The molecule has 2 aliphatic heterocycles. The van der Waals surface area contributed by atoms with Crippen LogP contribution in [0.4, 0.5) is 0 Å². The van der Waals surface area contributed by atoms with Gasteiger partial charge in [0, 0.05) is 39.1 Å². The van der Waals surface area contributed by atoms with Crippen molar-refractivity contribution in [3.8, 4) is 5.75 Å². The van der Waals surface area contributed by atoms with E-state index in [-0.39, 0.29) is 5.91 Å². The zero-order chi connectivity index (χ0) is 17.2. The number of aryl methyl sites for hydroxylation is 1. The Hall–Kier alpha value is -1.59. The number of piperidine rings is 1. The molecule has 2 fully saturated rings. The maximum absolute atomic E-state index is 11.4. The fourth-order valence-electron chi connectivity index (χ4n) is 3.79. The van der Waals surface area contributed by atoms with Crippen molar-refractivity contribution in [1.82, 2.24) is 9.80 Å². The number of rotatable bonds is 4. The average Bonchev–Trinajstić information content (AvgIpc) is 2.96. The van der Waals surface area contributed by atoms with E-state index in [9.17, 15) is 9.90 Å². The molecule has 2 aliphatic rings. The highest BCUT2D eigenvalue weighted by Crippen LogP contribution is 2.28. The van der Waals surface area contributed by atoms with Gasteiger partial charge in [-0.05, 0) is 43.9 Å². The van der Waals surface area contributed by atoms with Gasteiger partial charge in [0.15, 0.2) is 0 Å². The summed E-state index contributed by atoms with van der Waals surface area (Å²) in [7, 11) is 0. The molecule has 2 saturated heterocycles. The van der Waals surface area contributed by atoms with Gasteiger partial charge in [-0.25, -0.2) is 0 Å². The molecule has 0 aliphatic carbocycles. The van der Waals surface area contributed by atoms with Crippen LogP contribution in [0, 0.1) is 6.92 Å². The van der Waals surface area contributed by atoms with Crippen molar-refractivity contribution in [2.45, 2.75) is 44.8 Å². The second kappa shape index (κ2) is 7.11. The second-order valence-electron chi connectivity index (χ2n) is 7.29. The fraction of sp³-hybridized carbons (Fsp3) is 0.632. The number of aliphatic hydroxyl groups is 1. The highest BCUT2D eigenvalue weighted by atomic mass is 16.5. The van der Waals surface area contributed by atoms with Crippen LogP contribution in [-0.4, -0.2) is 65.2 Å². The number of benzene rings is 1. The van der Waals surface area contributed by atoms with Gasteiger partial charge in [-0.15, -0.1) is 0 Å². The first-order chi connectivity index (χ1) is 11.5.